The van der Waals surface area contributed by atoms with Gasteiger partial charge in [0.05, 0.1) is 11.9 Å². The predicted molar refractivity (Wildman–Crippen MR) is 63.8 cm³/mol. The van der Waals surface area contributed by atoms with E-state index in [2.05, 4.69) is 33.3 Å². The van der Waals surface area contributed by atoms with Crippen molar-refractivity contribution in [2.24, 2.45) is 21.7 Å². The third-order valence-electron chi connectivity index (χ3n) is 0.779. The summed E-state index contributed by atoms with van der Waals surface area (Å²) < 4.78 is 0. The fourth-order valence-electron chi connectivity index (χ4n) is 0.367. The van der Waals surface area contributed by atoms with Gasteiger partial charge in [-0.15, -0.1) is 12.4 Å². The number of rotatable bonds is 3. The van der Waals surface area contributed by atoms with Crippen molar-refractivity contribution in [2.45, 2.75) is 6.92 Å². The number of thiocarbonyl (C=S) groups is 1. The van der Waals surface area contributed by atoms with Gasteiger partial charge in [0.1, 0.15) is 0 Å². The van der Waals surface area contributed by atoms with Crippen molar-refractivity contribution in [1.29, 1.82) is 5.41 Å². The Bertz CT molecular complexity index is 261. The molecule has 0 amide bonds. The van der Waals surface area contributed by atoms with Crippen LogP contribution < -0.4 is 22.3 Å². The molecule has 0 spiro atoms. The molecule has 0 saturated heterocycles. The largest absolute Gasteiger partial charge is 0.375 e. The maximum atomic E-state index is 6.79. The van der Waals surface area contributed by atoms with Crippen LogP contribution in [0.5, 0.6) is 0 Å². The first kappa shape index (κ1) is 15.1. The SMILES string of the molecule is CC(C=NNC(N)=S)=NNC(=N)N.Cl. The first-order valence-corrected chi connectivity index (χ1v) is 3.66. The molecular formula is C5H12ClN7S. The molecule has 0 aromatic rings. The van der Waals surface area contributed by atoms with Crippen molar-refractivity contribution in [2.75, 3.05) is 0 Å². The van der Waals surface area contributed by atoms with E-state index in [0.29, 0.717) is 5.71 Å². The van der Waals surface area contributed by atoms with Gasteiger partial charge in [-0.3, -0.25) is 10.8 Å². The third-order valence-corrected chi connectivity index (χ3v) is 0.870. The second-order valence-electron chi connectivity index (χ2n) is 2.01. The Hall–Kier alpha value is -1.41. The van der Waals surface area contributed by atoms with Crippen molar-refractivity contribution in [3.05, 3.63) is 0 Å². The molecule has 0 aliphatic carbocycles. The second-order valence-corrected chi connectivity index (χ2v) is 2.45. The van der Waals surface area contributed by atoms with Crippen LogP contribution in [0.25, 0.3) is 0 Å². The highest BCUT2D eigenvalue weighted by Crippen LogP contribution is 1.69. The summed E-state index contributed by atoms with van der Waals surface area (Å²) in [4.78, 5) is 0. The van der Waals surface area contributed by atoms with Gasteiger partial charge in [0, 0.05) is 0 Å². The standard InChI is InChI=1S/C5H11N7S.ClH/c1-3(10-11-4(6)7)2-9-12-5(8)13;/h2H,1H3,(H4,6,7,11)(H3,8,12,13);1H. The van der Waals surface area contributed by atoms with E-state index in [4.69, 9.17) is 16.9 Å². The van der Waals surface area contributed by atoms with Gasteiger partial charge in [0.15, 0.2) is 5.11 Å². The minimum absolute atomic E-state index is 0. The van der Waals surface area contributed by atoms with Crippen LogP contribution in [0.2, 0.25) is 0 Å². The third kappa shape index (κ3) is 10.6. The molecule has 0 aliphatic rings. The molecule has 80 valence electrons. The van der Waals surface area contributed by atoms with Crippen LogP contribution in [0.15, 0.2) is 10.2 Å². The average molecular weight is 238 g/mol. The van der Waals surface area contributed by atoms with Crippen LogP contribution in [0.3, 0.4) is 0 Å². The zero-order valence-electron chi connectivity index (χ0n) is 7.44. The summed E-state index contributed by atoms with van der Waals surface area (Å²) in [6.07, 6.45) is 1.38. The zero-order valence-corrected chi connectivity index (χ0v) is 9.08. The lowest BCUT2D eigenvalue weighted by molar-refractivity contribution is 0.993. The van der Waals surface area contributed by atoms with Gasteiger partial charge in [0.25, 0.3) is 0 Å². The molecule has 0 bridgehead atoms. The van der Waals surface area contributed by atoms with Gasteiger partial charge < -0.3 is 11.5 Å². The summed E-state index contributed by atoms with van der Waals surface area (Å²) in [5.41, 5.74) is 15.2. The number of guanidine groups is 1. The van der Waals surface area contributed by atoms with Crippen molar-refractivity contribution in [1.82, 2.24) is 10.9 Å². The molecule has 7 N–H and O–H groups in total. The molecule has 9 heteroatoms. The van der Waals surface area contributed by atoms with Crippen LogP contribution in [-0.2, 0) is 0 Å². The van der Waals surface area contributed by atoms with E-state index < -0.39 is 0 Å². The highest BCUT2D eigenvalue weighted by molar-refractivity contribution is 7.80. The molecular weight excluding hydrogens is 226 g/mol. The molecule has 0 aliphatic heterocycles. The summed E-state index contributed by atoms with van der Waals surface area (Å²) in [6, 6.07) is 0. The van der Waals surface area contributed by atoms with Gasteiger partial charge in [-0.25, -0.2) is 5.43 Å². The Labute approximate surface area is 92.9 Å². The number of nitrogens with one attached hydrogen (secondary N) is 3. The van der Waals surface area contributed by atoms with Crippen LogP contribution in [-0.4, -0.2) is 23.0 Å². The topological polar surface area (TPSA) is 125 Å². The molecule has 0 fully saturated rings. The number of halogens is 1. The lowest BCUT2D eigenvalue weighted by Gasteiger charge is -1.96. The van der Waals surface area contributed by atoms with Crippen LogP contribution in [0, 0.1) is 5.41 Å². The van der Waals surface area contributed by atoms with Crippen molar-refractivity contribution >= 4 is 47.6 Å². The van der Waals surface area contributed by atoms with E-state index in [1.54, 1.807) is 6.92 Å². The van der Waals surface area contributed by atoms with E-state index in [-0.39, 0.29) is 23.5 Å². The maximum absolute atomic E-state index is 6.79. The summed E-state index contributed by atoms with van der Waals surface area (Å²) in [7, 11) is 0. The molecule has 0 aromatic carbocycles. The lowest BCUT2D eigenvalue weighted by atomic mass is 10.5. The number of nitrogens with zero attached hydrogens (tertiary/aromatic N) is 2. The molecule has 0 unspecified atom stereocenters. The Morgan fingerprint density at radius 3 is 2.43 bits per heavy atom. The Kier molecular flexibility index (Phi) is 8.83. The van der Waals surface area contributed by atoms with Crippen molar-refractivity contribution < 1.29 is 0 Å². The van der Waals surface area contributed by atoms with Gasteiger partial charge in [-0.05, 0) is 19.1 Å². The van der Waals surface area contributed by atoms with Gasteiger partial charge in [0.2, 0.25) is 5.96 Å². The molecule has 0 radical (unpaired) electrons. The smallest absolute Gasteiger partial charge is 0.206 e. The molecule has 14 heavy (non-hydrogen) atoms. The van der Waals surface area contributed by atoms with Gasteiger partial charge in [-0.2, -0.15) is 10.2 Å². The first-order valence-electron chi connectivity index (χ1n) is 3.25. The van der Waals surface area contributed by atoms with Crippen molar-refractivity contribution in [3.63, 3.8) is 0 Å². The zero-order chi connectivity index (χ0) is 10.3. The van der Waals surface area contributed by atoms with Gasteiger partial charge in [-0.1, -0.05) is 0 Å². The number of hydrogen-bond donors (Lipinski definition) is 5. The molecule has 0 saturated carbocycles. The van der Waals surface area contributed by atoms with E-state index >= 15 is 0 Å². The minimum atomic E-state index is -0.241. The summed E-state index contributed by atoms with van der Waals surface area (Å²) in [5.74, 6) is -0.241. The summed E-state index contributed by atoms with van der Waals surface area (Å²) in [5, 5.41) is 14.2. The molecule has 7 nitrogen and oxygen atoms in total. The lowest BCUT2D eigenvalue weighted by Crippen LogP contribution is -2.27. The van der Waals surface area contributed by atoms with Crippen molar-refractivity contribution in [3.8, 4) is 0 Å². The van der Waals surface area contributed by atoms with Crippen LogP contribution >= 0.6 is 24.6 Å². The van der Waals surface area contributed by atoms with Crippen LogP contribution in [0.4, 0.5) is 0 Å². The van der Waals surface area contributed by atoms with Crippen LogP contribution in [0.1, 0.15) is 6.92 Å². The van der Waals surface area contributed by atoms with E-state index in [0.717, 1.165) is 0 Å². The maximum Gasteiger partial charge on any atom is 0.206 e. The summed E-state index contributed by atoms with van der Waals surface area (Å²) in [6.45, 7) is 1.67. The highest BCUT2D eigenvalue weighted by Gasteiger charge is 1.85. The fraction of sp³-hybridized carbons (Fsp3) is 0.200. The van der Waals surface area contributed by atoms with E-state index in [1.165, 1.54) is 6.21 Å². The highest BCUT2D eigenvalue weighted by atomic mass is 35.5. The minimum Gasteiger partial charge on any atom is -0.375 e. The molecule has 0 atom stereocenters. The molecule has 0 rings (SSSR count). The number of nitrogens with two attached hydrogens (primary N) is 2. The monoisotopic (exact) mass is 237 g/mol. The first-order chi connectivity index (χ1) is 6.02. The number of hydrogen-bond acceptors (Lipinski definition) is 4. The van der Waals surface area contributed by atoms with Gasteiger partial charge >= 0.3 is 0 Å². The Balaban J connectivity index is 0. The van der Waals surface area contributed by atoms with E-state index in [1.807, 2.05) is 0 Å². The molecule has 0 heterocycles. The second kappa shape index (κ2) is 8.20. The number of hydrazone groups is 2. The average Bonchev–Trinajstić information content (AvgIpc) is 2.00. The summed E-state index contributed by atoms with van der Waals surface area (Å²) >= 11 is 4.50. The predicted octanol–water partition coefficient (Wildman–Crippen LogP) is -0.914. The normalized spacial score (nSPS) is 10.5. The quantitative estimate of drug-likeness (QED) is 0.188. The molecule has 0 aromatic heterocycles. The fourth-order valence-corrected chi connectivity index (χ4v) is 0.419. The Morgan fingerprint density at radius 1 is 1.43 bits per heavy atom. The van der Waals surface area contributed by atoms with E-state index in [9.17, 15) is 0 Å². The Morgan fingerprint density at radius 2 is 2.00 bits per heavy atom.